The third kappa shape index (κ3) is 4.09. The van der Waals surface area contributed by atoms with Gasteiger partial charge in [-0.05, 0) is 44.1 Å². The van der Waals surface area contributed by atoms with Gasteiger partial charge in [0.1, 0.15) is 5.69 Å². The van der Waals surface area contributed by atoms with Crippen molar-refractivity contribution in [3.8, 4) is 11.4 Å². The third-order valence-electron chi connectivity index (χ3n) is 4.67. The standard InChI is InChI=1S/C18H29N3OSi/c1-14(2)21-12-10-16(20-21)17-15(9-8-11-19-17)13-22-23(6,7)18(3,4)5/h8-12,14H,13H2,1-7H3. The molecule has 23 heavy (non-hydrogen) atoms. The van der Waals surface area contributed by atoms with Crippen LogP contribution in [0.1, 0.15) is 46.2 Å². The average Bonchev–Trinajstić information content (AvgIpc) is 2.94. The van der Waals surface area contributed by atoms with Gasteiger partial charge < -0.3 is 4.43 Å². The van der Waals surface area contributed by atoms with E-state index in [4.69, 9.17) is 4.43 Å². The van der Waals surface area contributed by atoms with Crippen molar-refractivity contribution in [1.82, 2.24) is 14.8 Å². The Hall–Kier alpha value is -1.46. The van der Waals surface area contributed by atoms with Crippen molar-refractivity contribution < 1.29 is 4.43 Å². The van der Waals surface area contributed by atoms with Gasteiger partial charge >= 0.3 is 0 Å². The summed E-state index contributed by atoms with van der Waals surface area (Å²) in [6.45, 7) is 16.2. The van der Waals surface area contributed by atoms with Gasteiger partial charge in [0.15, 0.2) is 8.32 Å². The minimum absolute atomic E-state index is 0.203. The minimum atomic E-state index is -1.78. The molecule has 0 fully saturated rings. The molecule has 5 heteroatoms. The number of hydrogen-bond acceptors (Lipinski definition) is 3. The van der Waals surface area contributed by atoms with E-state index in [1.54, 1.807) is 0 Å². The SMILES string of the molecule is CC(C)n1ccc(-c2ncccc2CO[Si](C)(C)C(C)(C)C)n1. The highest BCUT2D eigenvalue weighted by atomic mass is 28.4. The van der Waals surface area contributed by atoms with Crippen molar-refractivity contribution in [2.45, 2.75) is 65.4 Å². The van der Waals surface area contributed by atoms with Crippen LogP contribution in [0.4, 0.5) is 0 Å². The highest BCUT2D eigenvalue weighted by Gasteiger charge is 2.37. The Labute approximate surface area is 141 Å². The van der Waals surface area contributed by atoms with E-state index in [1.807, 2.05) is 29.2 Å². The number of pyridine rings is 1. The van der Waals surface area contributed by atoms with Gasteiger partial charge in [0.05, 0.1) is 12.3 Å². The lowest BCUT2D eigenvalue weighted by Gasteiger charge is -2.36. The molecule has 0 spiro atoms. The minimum Gasteiger partial charge on any atom is -0.412 e. The number of aromatic nitrogens is 3. The van der Waals surface area contributed by atoms with Crippen LogP contribution in [-0.2, 0) is 11.0 Å². The van der Waals surface area contributed by atoms with Crippen LogP contribution in [0.5, 0.6) is 0 Å². The van der Waals surface area contributed by atoms with Gasteiger partial charge in [0.2, 0.25) is 0 Å². The lowest BCUT2D eigenvalue weighted by Crippen LogP contribution is -2.40. The topological polar surface area (TPSA) is 39.9 Å². The first kappa shape index (κ1) is 17.9. The average molecular weight is 332 g/mol. The molecule has 0 saturated carbocycles. The third-order valence-corrected chi connectivity index (χ3v) is 9.14. The Kier molecular flexibility index (Phi) is 5.11. The Balaban J connectivity index is 2.24. The van der Waals surface area contributed by atoms with E-state index in [2.05, 4.69) is 63.9 Å². The lowest BCUT2D eigenvalue weighted by molar-refractivity contribution is 0.276. The summed E-state index contributed by atoms with van der Waals surface area (Å²) in [5.41, 5.74) is 2.94. The van der Waals surface area contributed by atoms with Gasteiger partial charge in [-0.15, -0.1) is 0 Å². The monoisotopic (exact) mass is 331 g/mol. The summed E-state index contributed by atoms with van der Waals surface area (Å²) in [6.07, 6.45) is 3.83. The molecule has 0 atom stereocenters. The molecular formula is C18H29N3OSi. The molecule has 0 aliphatic rings. The summed E-state index contributed by atoms with van der Waals surface area (Å²) >= 11 is 0. The second-order valence-corrected chi connectivity index (χ2v) is 12.6. The fourth-order valence-electron chi connectivity index (χ4n) is 2.01. The van der Waals surface area contributed by atoms with Crippen LogP contribution in [-0.4, -0.2) is 23.1 Å². The predicted molar refractivity (Wildman–Crippen MR) is 97.8 cm³/mol. The van der Waals surface area contributed by atoms with Gasteiger partial charge in [-0.3, -0.25) is 9.67 Å². The van der Waals surface area contributed by atoms with Crippen molar-refractivity contribution in [1.29, 1.82) is 0 Å². The van der Waals surface area contributed by atoms with Gasteiger partial charge in [0, 0.05) is 24.0 Å². The molecule has 0 unspecified atom stereocenters. The smallest absolute Gasteiger partial charge is 0.192 e. The van der Waals surface area contributed by atoms with Crippen LogP contribution in [0, 0.1) is 0 Å². The predicted octanol–water partition coefficient (Wildman–Crippen LogP) is 5.05. The van der Waals surface area contributed by atoms with Crippen LogP contribution in [0.25, 0.3) is 11.4 Å². The van der Waals surface area contributed by atoms with Crippen LogP contribution in [0.15, 0.2) is 30.6 Å². The van der Waals surface area contributed by atoms with Crippen molar-refractivity contribution >= 4 is 8.32 Å². The summed E-state index contributed by atoms with van der Waals surface area (Å²) in [6, 6.07) is 6.43. The quantitative estimate of drug-likeness (QED) is 0.720. The van der Waals surface area contributed by atoms with Crippen molar-refractivity contribution in [2.75, 3.05) is 0 Å². The Bertz CT molecular complexity index is 656. The van der Waals surface area contributed by atoms with Crippen molar-refractivity contribution in [3.05, 3.63) is 36.2 Å². The normalized spacial score (nSPS) is 12.9. The van der Waals surface area contributed by atoms with E-state index in [-0.39, 0.29) is 5.04 Å². The molecule has 2 aromatic heterocycles. The fourth-order valence-corrected chi connectivity index (χ4v) is 2.96. The van der Waals surface area contributed by atoms with Gasteiger partial charge in [-0.2, -0.15) is 5.10 Å². The van der Waals surface area contributed by atoms with Gasteiger partial charge in [-0.25, -0.2) is 0 Å². The van der Waals surface area contributed by atoms with Crippen molar-refractivity contribution in [2.24, 2.45) is 0 Å². The Morgan fingerprint density at radius 3 is 2.48 bits per heavy atom. The first-order chi connectivity index (χ1) is 10.6. The summed E-state index contributed by atoms with van der Waals surface area (Å²) < 4.78 is 8.32. The molecule has 0 N–H and O–H groups in total. The largest absolute Gasteiger partial charge is 0.412 e. The first-order valence-electron chi connectivity index (χ1n) is 8.25. The zero-order valence-electron chi connectivity index (χ0n) is 15.4. The van der Waals surface area contributed by atoms with E-state index in [0.717, 1.165) is 17.0 Å². The van der Waals surface area contributed by atoms with Crippen LogP contribution in [0.3, 0.4) is 0 Å². The molecule has 0 aliphatic carbocycles. The van der Waals surface area contributed by atoms with E-state index in [9.17, 15) is 0 Å². The molecular weight excluding hydrogens is 302 g/mol. The molecule has 0 radical (unpaired) electrons. The Morgan fingerprint density at radius 2 is 1.91 bits per heavy atom. The molecule has 126 valence electrons. The molecule has 2 aromatic rings. The molecule has 4 nitrogen and oxygen atoms in total. The van der Waals surface area contributed by atoms with Crippen LogP contribution < -0.4 is 0 Å². The Morgan fingerprint density at radius 1 is 1.22 bits per heavy atom. The van der Waals surface area contributed by atoms with E-state index in [1.165, 1.54) is 0 Å². The number of nitrogens with zero attached hydrogens (tertiary/aromatic N) is 3. The molecule has 0 saturated heterocycles. The van der Waals surface area contributed by atoms with Crippen LogP contribution >= 0.6 is 0 Å². The number of rotatable bonds is 5. The van der Waals surface area contributed by atoms with Gasteiger partial charge in [0.25, 0.3) is 0 Å². The molecule has 0 bridgehead atoms. The summed E-state index contributed by atoms with van der Waals surface area (Å²) in [5, 5.41) is 4.85. The molecule has 0 amide bonds. The molecule has 0 aromatic carbocycles. The van der Waals surface area contributed by atoms with E-state index in [0.29, 0.717) is 12.6 Å². The maximum atomic E-state index is 6.36. The highest BCUT2D eigenvalue weighted by Crippen LogP contribution is 2.37. The maximum Gasteiger partial charge on any atom is 0.192 e. The fraction of sp³-hybridized carbons (Fsp3) is 0.556. The number of hydrogen-bond donors (Lipinski definition) is 0. The second-order valence-electron chi connectivity index (χ2n) is 7.83. The zero-order valence-corrected chi connectivity index (χ0v) is 16.4. The van der Waals surface area contributed by atoms with E-state index < -0.39 is 8.32 Å². The summed E-state index contributed by atoms with van der Waals surface area (Å²) in [5.74, 6) is 0. The highest BCUT2D eigenvalue weighted by molar-refractivity contribution is 6.74. The lowest BCUT2D eigenvalue weighted by atomic mass is 10.1. The first-order valence-corrected chi connectivity index (χ1v) is 11.2. The van der Waals surface area contributed by atoms with Gasteiger partial charge in [-0.1, -0.05) is 26.8 Å². The molecule has 0 aliphatic heterocycles. The molecule has 2 heterocycles. The summed E-state index contributed by atoms with van der Waals surface area (Å²) in [4.78, 5) is 4.54. The maximum absolute atomic E-state index is 6.36. The second kappa shape index (κ2) is 6.57. The molecule has 2 rings (SSSR count). The van der Waals surface area contributed by atoms with Crippen LogP contribution in [0.2, 0.25) is 18.1 Å². The zero-order chi connectivity index (χ0) is 17.3. The summed E-state index contributed by atoms with van der Waals surface area (Å²) in [7, 11) is -1.78. The van der Waals surface area contributed by atoms with Crippen molar-refractivity contribution in [3.63, 3.8) is 0 Å². The van der Waals surface area contributed by atoms with E-state index >= 15 is 0 Å².